The fourth-order valence-electron chi connectivity index (χ4n) is 4.21. The number of hydrogen-bond acceptors (Lipinski definition) is 2. The van der Waals surface area contributed by atoms with E-state index in [0.717, 1.165) is 36.5 Å². The molecule has 2 atom stereocenters. The Morgan fingerprint density at radius 3 is 2.57 bits per heavy atom. The molecule has 1 aromatic rings. The minimum atomic E-state index is 0.745. The molecule has 3 rings (SSSR count). The highest BCUT2D eigenvalue weighted by molar-refractivity contribution is 5.30. The molecule has 0 aromatic heterocycles. The molecule has 1 aromatic carbocycles. The maximum atomic E-state index is 5.71. The van der Waals surface area contributed by atoms with Gasteiger partial charge in [0.25, 0.3) is 0 Å². The van der Waals surface area contributed by atoms with Crippen LogP contribution < -0.4 is 10.1 Å². The zero-order chi connectivity index (χ0) is 14.5. The zero-order valence-corrected chi connectivity index (χ0v) is 13.3. The van der Waals surface area contributed by atoms with E-state index >= 15 is 0 Å². The van der Waals surface area contributed by atoms with E-state index in [1.54, 1.807) is 0 Å². The SMILES string of the molecule is CCCOc1ccc(C2CCNCC2C2CCCC2)cc1. The van der Waals surface area contributed by atoms with Crippen molar-refractivity contribution in [3.63, 3.8) is 0 Å². The normalized spacial score (nSPS) is 26.9. The van der Waals surface area contributed by atoms with E-state index in [4.69, 9.17) is 4.74 Å². The van der Waals surface area contributed by atoms with Crippen LogP contribution in [0, 0.1) is 11.8 Å². The van der Waals surface area contributed by atoms with Crippen molar-refractivity contribution in [1.29, 1.82) is 0 Å². The molecule has 2 aliphatic rings. The highest BCUT2D eigenvalue weighted by Gasteiger charge is 2.33. The van der Waals surface area contributed by atoms with E-state index < -0.39 is 0 Å². The van der Waals surface area contributed by atoms with Crippen LogP contribution in [0.4, 0.5) is 0 Å². The van der Waals surface area contributed by atoms with Gasteiger partial charge < -0.3 is 10.1 Å². The monoisotopic (exact) mass is 287 g/mol. The van der Waals surface area contributed by atoms with Gasteiger partial charge >= 0.3 is 0 Å². The molecule has 1 aliphatic heterocycles. The van der Waals surface area contributed by atoms with Crippen LogP contribution in [0.2, 0.25) is 0 Å². The van der Waals surface area contributed by atoms with Crippen LogP contribution in [-0.4, -0.2) is 19.7 Å². The Morgan fingerprint density at radius 1 is 1.10 bits per heavy atom. The van der Waals surface area contributed by atoms with Crippen LogP contribution in [0.1, 0.15) is 56.9 Å². The predicted molar refractivity (Wildman–Crippen MR) is 87.9 cm³/mol. The molecule has 21 heavy (non-hydrogen) atoms. The number of piperidine rings is 1. The lowest BCUT2D eigenvalue weighted by Gasteiger charge is -2.36. The average Bonchev–Trinajstić information content (AvgIpc) is 3.08. The number of ether oxygens (including phenoxy) is 1. The van der Waals surface area contributed by atoms with Crippen LogP contribution in [0.5, 0.6) is 5.75 Å². The molecular formula is C19H29NO. The van der Waals surface area contributed by atoms with Gasteiger partial charge in [0.05, 0.1) is 6.61 Å². The second-order valence-electron chi connectivity index (χ2n) is 6.73. The molecule has 2 fully saturated rings. The zero-order valence-electron chi connectivity index (χ0n) is 13.3. The molecule has 2 heteroatoms. The Kier molecular flexibility index (Phi) is 5.18. The number of nitrogens with one attached hydrogen (secondary N) is 1. The van der Waals surface area contributed by atoms with E-state index in [1.807, 2.05) is 0 Å². The number of rotatable bonds is 5. The second kappa shape index (κ2) is 7.31. The first-order valence-electron chi connectivity index (χ1n) is 8.82. The molecular weight excluding hydrogens is 258 g/mol. The van der Waals surface area contributed by atoms with Crippen LogP contribution in [-0.2, 0) is 0 Å². The van der Waals surface area contributed by atoms with Crippen molar-refractivity contribution in [3.8, 4) is 5.75 Å². The summed E-state index contributed by atoms with van der Waals surface area (Å²) in [6.45, 7) is 5.35. The van der Waals surface area contributed by atoms with E-state index in [0.29, 0.717) is 0 Å². The van der Waals surface area contributed by atoms with Gasteiger partial charge in [-0.25, -0.2) is 0 Å². The summed E-state index contributed by atoms with van der Waals surface area (Å²) in [6.07, 6.45) is 8.13. The third-order valence-electron chi connectivity index (χ3n) is 5.32. The first-order chi connectivity index (χ1) is 10.4. The minimum absolute atomic E-state index is 0.745. The van der Waals surface area contributed by atoms with Crippen LogP contribution in [0.25, 0.3) is 0 Å². The first-order valence-corrected chi connectivity index (χ1v) is 8.82. The maximum Gasteiger partial charge on any atom is 0.119 e. The van der Waals surface area contributed by atoms with Crippen molar-refractivity contribution in [2.45, 2.75) is 51.4 Å². The van der Waals surface area contributed by atoms with Gasteiger partial charge in [-0.1, -0.05) is 44.7 Å². The van der Waals surface area contributed by atoms with Gasteiger partial charge in [0.15, 0.2) is 0 Å². The van der Waals surface area contributed by atoms with E-state index in [-0.39, 0.29) is 0 Å². The Balaban J connectivity index is 1.70. The summed E-state index contributed by atoms with van der Waals surface area (Å²) in [7, 11) is 0. The molecule has 116 valence electrons. The lowest BCUT2D eigenvalue weighted by molar-refractivity contribution is 0.231. The third-order valence-corrected chi connectivity index (χ3v) is 5.32. The molecule has 0 radical (unpaired) electrons. The quantitative estimate of drug-likeness (QED) is 0.869. The minimum Gasteiger partial charge on any atom is -0.494 e. The van der Waals surface area contributed by atoms with Crippen LogP contribution in [0.3, 0.4) is 0 Å². The van der Waals surface area contributed by atoms with Gasteiger partial charge in [-0.15, -0.1) is 0 Å². The van der Waals surface area contributed by atoms with Crippen molar-refractivity contribution in [3.05, 3.63) is 29.8 Å². The summed E-state index contributed by atoms with van der Waals surface area (Å²) in [6, 6.07) is 8.95. The molecule has 0 amide bonds. The summed E-state index contributed by atoms with van der Waals surface area (Å²) >= 11 is 0. The van der Waals surface area contributed by atoms with Crippen LogP contribution >= 0.6 is 0 Å². The standard InChI is InChI=1S/C19H29NO/c1-2-13-21-17-9-7-16(8-10-17)18-11-12-20-14-19(18)15-5-3-4-6-15/h7-10,15,18-20H,2-6,11-14H2,1H3. The Morgan fingerprint density at radius 2 is 1.86 bits per heavy atom. The molecule has 1 heterocycles. The molecule has 1 aliphatic carbocycles. The lowest BCUT2D eigenvalue weighted by atomic mass is 9.73. The maximum absolute atomic E-state index is 5.71. The number of benzene rings is 1. The largest absolute Gasteiger partial charge is 0.494 e. The van der Waals surface area contributed by atoms with Gasteiger partial charge in [0.2, 0.25) is 0 Å². The first kappa shape index (κ1) is 14.9. The molecule has 2 unspecified atom stereocenters. The summed E-state index contributed by atoms with van der Waals surface area (Å²) < 4.78 is 5.71. The van der Waals surface area contributed by atoms with Crippen molar-refractivity contribution in [1.82, 2.24) is 5.32 Å². The van der Waals surface area contributed by atoms with Gasteiger partial charge in [-0.2, -0.15) is 0 Å². The van der Waals surface area contributed by atoms with Gasteiger partial charge in [-0.3, -0.25) is 0 Å². The van der Waals surface area contributed by atoms with Crippen molar-refractivity contribution in [2.75, 3.05) is 19.7 Å². The topological polar surface area (TPSA) is 21.3 Å². The summed E-state index contributed by atoms with van der Waals surface area (Å²) in [5.74, 6) is 3.55. The van der Waals surface area contributed by atoms with E-state index in [2.05, 4.69) is 36.5 Å². The van der Waals surface area contributed by atoms with Crippen molar-refractivity contribution >= 4 is 0 Å². The van der Waals surface area contributed by atoms with Crippen molar-refractivity contribution < 1.29 is 4.74 Å². The molecule has 1 saturated carbocycles. The second-order valence-corrected chi connectivity index (χ2v) is 6.73. The predicted octanol–water partition coefficient (Wildman–Crippen LogP) is 4.36. The molecule has 1 N–H and O–H groups in total. The molecule has 0 spiro atoms. The van der Waals surface area contributed by atoms with Crippen molar-refractivity contribution in [2.24, 2.45) is 11.8 Å². The van der Waals surface area contributed by atoms with Gasteiger partial charge in [0, 0.05) is 0 Å². The van der Waals surface area contributed by atoms with Crippen LogP contribution in [0.15, 0.2) is 24.3 Å². The van der Waals surface area contributed by atoms with E-state index in [1.165, 1.54) is 50.8 Å². The fraction of sp³-hybridized carbons (Fsp3) is 0.684. The van der Waals surface area contributed by atoms with Gasteiger partial charge in [-0.05, 0) is 61.4 Å². The highest BCUT2D eigenvalue weighted by atomic mass is 16.5. The Labute approximate surface area is 129 Å². The smallest absolute Gasteiger partial charge is 0.119 e. The lowest BCUT2D eigenvalue weighted by Crippen LogP contribution is -2.38. The molecule has 1 saturated heterocycles. The number of hydrogen-bond donors (Lipinski definition) is 1. The third kappa shape index (κ3) is 3.60. The Hall–Kier alpha value is -1.02. The molecule has 0 bridgehead atoms. The summed E-state index contributed by atoms with van der Waals surface area (Å²) in [4.78, 5) is 0. The summed E-state index contributed by atoms with van der Waals surface area (Å²) in [5, 5.41) is 3.63. The van der Waals surface area contributed by atoms with Gasteiger partial charge in [0.1, 0.15) is 5.75 Å². The fourth-order valence-corrected chi connectivity index (χ4v) is 4.21. The highest BCUT2D eigenvalue weighted by Crippen LogP contribution is 2.42. The Bertz CT molecular complexity index is 422. The molecule has 2 nitrogen and oxygen atoms in total. The average molecular weight is 287 g/mol. The van der Waals surface area contributed by atoms with E-state index in [9.17, 15) is 0 Å². The summed E-state index contributed by atoms with van der Waals surface area (Å²) in [5.41, 5.74) is 1.53.